The van der Waals surface area contributed by atoms with Crippen molar-refractivity contribution in [2.24, 2.45) is 0 Å². The topological polar surface area (TPSA) is 54.7 Å². The normalized spacial score (nSPS) is 11.0. The predicted octanol–water partition coefficient (Wildman–Crippen LogP) is 6.58. The molecule has 0 saturated heterocycles. The fraction of sp³-hybridized carbons (Fsp3) is 0.207. The number of nitrogens with one attached hydrogen (secondary N) is 1. The molecule has 0 aliphatic carbocycles. The third kappa shape index (κ3) is 7.04. The van der Waals surface area contributed by atoms with Crippen molar-refractivity contribution in [3.8, 4) is 5.75 Å². The summed E-state index contributed by atoms with van der Waals surface area (Å²) in [5.74, 6) is 1.15. The Balaban J connectivity index is 1.47. The summed E-state index contributed by atoms with van der Waals surface area (Å²) in [7, 11) is 0. The van der Waals surface area contributed by atoms with Crippen molar-refractivity contribution < 1.29 is 18.3 Å². The fourth-order valence-corrected chi connectivity index (χ4v) is 3.81. The quantitative estimate of drug-likeness (QED) is 0.283. The molecule has 0 atom stereocenters. The van der Waals surface area contributed by atoms with E-state index in [0.717, 1.165) is 22.4 Å². The molecule has 0 aliphatic heterocycles. The van der Waals surface area contributed by atoms with Crippen LogP contribution < -0.4 is 10.1 Å². The van der Waals surface area contributed by atoms with Crippen LogP contribution in [0.3, 0.4) is 0 Å². The molecule has 5 nitrogen and oxygen atoms in total. The number of aryl methyl sites for hydroxylation is 1. The lowest BCUT2D eigenvalue weighted by Gasteiger charge is -2.22. The lowest BCUT2D eigenvalue weighted by Crippen LogP contribution is -2.22. The van der Waals surface area contributed by atoms with E-state index in [-0.39, 0.29) is 17.5 Å². The number of anilines is 1. The van der Waals surface area contributed by atoms with E-state index >= 15 is 0 Å². The van der Waals surface area contributed by atoms with E-state index in [2.05, 4.69) is 10.2 Å². The van der Waals surface area contributed by atoms with Crippen LogP contribution in [0.5, 0.6) is 5.75 Å². The van der Waals surface area contributed by atoms with Crippen molar-refractivity contribution in [3.63, 3.8) is 0 Å². The van der Waals surface area contributed by atoms with Gasteiger partial charge in [-0.1, -0.05) is 42.0 Å². The molecule has 4 aromatic rings. The van der Waals surface area contributed by atoms with Gasteiger partial charge in [-0.3, -0.25) is 9.69 Å². The van der Waals surface area contributed by atoms with Crippen LogP contribution in [0.4, 0.5) is 10.1 Å². The molecule has 4 rings (SSSR count). The summed E-state index contributed by atoms with van der Waals surface area (Å²) in [6, 6.07) is 25.6. The molecule has 180 valence electrons. The first kappa shape index (κ1) is 24.2. The van der Waals surface area contributed by atoms with Crippen LogP contribution in [0.25, 0.3) is 0 Å². The fourth-order valence-electron chi connectivity index (χ4n) is 3.81. The first-order valence-electron chi connectivity index (χ1n) is 11.6. The monoisotopic (exact) mass is 472 g/mol. The molecule has 0 spiro atoms. The Labute approximate surface area is 205 Å². The van der Waals surface area contributed by atoms with Crippen molar-refractivity contribution in [2.75, 3.05) is 11.9 Å². The second-order valence-corrected chi connectivity index (χ2v) is 8.44. The minimum absolute atomic E-state index is 0.243. The second kappa shape index (κ2) is 11.5. The van der Waals surface area contributed by atoms with Crippen LogP contribution in [-0.2, 0) is 19.6 Å². The van der Waals surface area contributed by atoms with E-state index in [0.29, 0.717) is 37.7 Å². The van der Waals surface area contributed by atoms with Crippen LogP contribution in [0.15, 0.2) is 89.3 Å². The van der Waals surface area contributed by atoms with Gasteiger partial charge in [0.05, 0.1) is 13.2 Å². The van der Waals surface area contributed by atoms with Gasteiger partial charge < -0.3 is 14.5 Å². The van der Waals surface area contributed by atoms with Crippen molar-refractivity contribution in [3.05, 3.63) is 119 Å². The molecular formula is C29H29FN2O3. The Morgan fingerprint density at radius 3 is 2.37 bits per heavy atom. The summed E-state index contributed by atoms with van der Waals surface area (Å²) in [5.41, 5.74) is 3.78. The van der Waals surface area contributed by atoms with Crippen LogP contribution in [0, 0.1) is 12.7 Å². The van der Waals surface area contributed by atoms with E-state index in [1.165, 1.54) is 12.1 Å². The van der Waals surface area contributed by atoms with E-state index < -0.39 is 0 Å². The Morgan fingerprint density at radius 1 is 0.914 bits per heavy atom. The van der Waals surface area contributed by atoms with E-state index in [9.17, 15) is 9.18 Å². The Kier molecular flexibility index (Phi) is 7.95. The van der Waals surface area contributed by atoms with E-state index in [1.54, 1.807) is 18.2 Å². The number of carbonyl (C=O) groups excluding carboxylic acids is 1. The molecule has 0 radical (unpaired) electrons. The number of hydrogen-bond acceptors (Lipinski definition) is 4. The highest BCUT2D eigenvalue weighted by Gasteiger charge is 2.15. The maximum atomic E-state index is 13.8. The number of amides is 1. The average molecular weight is 473 g/mol. The van der Waals surface area contributed by atoms with Gasteiger partial charge in [0, 0.05) is 18.8 Å². The molecule has 6 heteroatoms. The number of nitrogens with zero attached hydrogens (tertiary/aromatic N) is 1. The van der Waals surface area contributed by atoms with Crippen LogP contribution in [0.1, 0.15) is 39.9 Å². The first-order valence-corrected chi connectivity index (χ1v) is 11.6. The summed E-state index contributed by atoms with van der Waals surface area (Å²) in [6.07, 6.45) is 0. The summed E-state index contributed by atoms with van der Waals surface area (Å²) in [6.45, 7) is 6.16. The van der Waals surface area contributed by atoms with E-state index in [4.69, 9.17) is 9.15 Å². The third-order valence-corrected chi connectivity index (χ3v) is 5.51. The van der Waals surface area contributed by atoms with Gasteiger partial charge >= 0.3 is 0 Å². The molecule has 3 aromatic carbocycles. The Morgan fingerprint density at radius 2 is 1.66 bits per heavy atom. The molecule has 1 amide bonds. The zero-order chi connectivity index (χ0) is 24.6. The summed E-state index contributed by atoms with van der Waals surface area (Å²) < 4.78 is 25.2. The standard InChI is InChI=1S/C29H29FN2O3/c1-3-34-26-13-9-22(10-14-26)18-32(19-23-5-4-6-24(30)17-23)20-27-15-16-28(35-27)29(33)31-25-11-7-21(2)8-12-25/h4-17H,3,18-20H2,1-2H3,(H,31,33). The number of halogens is 1. The molecule has 0 fully saturated rings. The highest BCUT2D eigenvalue weighted by molar-refractivity contribution is 6.02. The lowest BCUT2D eigenvalue weighted by molar-refractivity contribution is 0.0992. The van der Waals surface area contributed by atoms with Gasteiger partial charge in [0.1, 0.15) is 17.3 Å². The second-order valence-electron chi connectivity index (χ2n) is 8.44. The van der Waals surface area contributed by atoms with Gasteiger partial charge in [0.15, 0.2) is 5.76 Å². The number of ether oxygens (including phenoxy) is 1. The van der Waals surface area contributed by atoms with Crippen molar-refractivity contribution in [1.29, 1.82) is 0 Å². The van der Waals surface area contributed by atoms with Crippen molar-refractivity contribution in [1.82, 2.24) is 4.90 Å². The maximum Gasteiger partial charge on any atom is 0.291 e. The van der Waals surface area contributed by atoms with Crippen LogP contribution in [0.2, 0.25) is 0 Å². The molecule has 1 N–H and O–H groups in total. The van der Waals surface area contributed by atoms with Gasteiger partial charge in [-0.05, 0) is 73.5 Å². The molecule has 1 heterocycles. The third-order valence-electron chi connectivity index (χ3n) is 5.51. The number of furan rings is 1. The zero-order valence-electron chi connectivity index (χ0n) is 20.0. The molecule has 0 unspecified atom stereocenters. The summed E-state index contributed by atoms with van der Waals surface area (Å²) in [5, 5.41) is 2.85. The zero-order valence-corrected chi connectivity index (χ0v) is 20.0. The predicted molar refractivity (Wildman–Crippen MR) is 135 cm³/mol. The molecule has 1 aromatic heterocycles. The highest BCUT2D eigenvalue weighted by Crippen LogP contribution is 2.20. The van der Waals surface area contributed by atoms with Crippen LogP contribution >= 0.6 is 0 Å². The molecular weight excluding hydrogens is 443 g/mol. The van der Waals surface area contributed by atoms with Gasteiger partial charge in [0.2, 0.25) is 0 Å². The minimum Gasteiger partial charge on any atom is -0.494 e. The molecule has 0 bridgehead atoms. The van der Waals surface area contributed by atoms with Gasteiger partial charge in [-0.15, -0.1) is 0 Å². The average Bonchev–Trinajstić information content (AvgIpc) is 3.31. The Bertz CT molecular complexity index is 1250. The van der Waals surface area contributed by atoms with Gasteiger partial charge in [-0.25, -0.2) is 4.39 Å². The van der Waals surface area contributed by atoms with Gasteiger partial charge in [0.25, 0.3) is 5.91 Å². The highest BCUT2D eigenvalue weighted by atomic mass is 19.1. The van der Waals surface area contributed by atoms with E-state index in [1.807, 2.05) is 68.4 Å². The maximum absolute atomic E-state index is 13.8. The SMILES string of the molecule is CCOc1ccc(CN(Cc2cccc(F)c2)Cc2ccc(C(=O)Nc3ccc(C)cc3)o2)cc1. The largest absolute Gasteiger partial charge is 0.494 e. The summed E-state index contributed by atoms with van der Waals surface area (Å²) in [4.78, 5) is 14.8. The van der Waals surface area contributed by atoms with Crippen LogP contribution in [-0.4, -0.2) is 17.4 Å². The number of benzene rings is 3. The molecule has 0 saturated carbocycles. The first-order chi connectivity index (χ1) is 17.0. The van der Waals surface area contributed by atoms with Crippen molar-refractivity contribution in [2.45, 2.75) is 33.5 Å². The summed E-state index contributed by atoms with van der Waals surface area (Å²) >= 11 is 0. The van der Waals surface area contributed by atoms with Crippen molar-refractivity contribution >= 4 is 11.6 Å². The molecule has 35 heavy (non-hydrogen) atoms. The van der Waals surface area contributed by atoms with Gasteiger partial charge in [-0.2, -0.15) is 0 Å². The smallest absolute Gasteiger partial charge is 0.291 e. The minimum atomic E-state index is -0.303. The number of rotatable bonds is 10. The molecule has 0 aliphatic rings. The number of carbonyl (C=O) groups is 1. The number of hydrogen-bond donors (Lipinski definition) is 1. The lowest BCUT2D eigenvalue weighted by atomic mass is 10.1. The Hall–Kier alpha value is -3.90.